The van der Waals surface area contributed by atoms with Gasteiger partial charge in [0.1, 0.15) is 5.82 Å². The Hall–Kier alpha value is -1.09. The minimum atomic E-state index is 0.142. The van der Waals surface area contributed by atoms with Crippen LogP contribution in [0.15, 0.2) is 18.3 Å². The molecule has 0 bridgehead atoms. The molecule has 1 aromatic rings. The summed E-state index contributed by atoms with van der Waals surface area (Å²) < 4.78 is 0. The fourth-order valence-corrected chi connectivity index (χ4v) is 1.94. The second-order valence-corrected chi connectivity index (χ2v) is 5.87. The lowest BCUT2D eigenvalue weighted by Crippen LogP contribution is -2.41. The second kappa shape index (κ2) is 5.27. The third-order valence-electron chi connectivity index (χ3n) is 4.12. The summed E-state index contributed by atoms with van der Waals surface area (Å²) in [5, 5.41) is 3.57. The van der Waals surface area contributed by atoms with Crippen molar-refractivity contribution in [1.82, 2.24) is 10.3 Å². The molecule has 0 atom stereocenters. The molecule has 0 saturated heterocycles. The smallest absolute Gasteiger partial charge is 0.133 e. The Balaban J connectivity index is 2.14. The van der Waals surface area contributed by atoms with Gasteiger partial charge in [-0.25, -0.2) is 4.98 Å². The molecule has 100 valence electrons. The second-order valence-electron chi connectivity index (χ2n) is 5.87. The van der Waals surface area contributed by atoms with Crippen LogP contribution in [0.5, 0.6) is 0 Å². The molecular weight excluding hydrogens is 222 g/mol. The van der Waals surface area contributed by atoms with Crippen LogP contribution in [0.25, 0.3) is 0 Å². The van der Waals surface area contributed by atoms with Gasteiger partial charge in [0.15, 0.2) is 0 Å². The van der Waals surface area contributed by atoms with Crippen molar-refractivity contribution >= 4 is 5.82 Å². The molecule has 0 unspecified atom stereocenters. The first-order chi connectivity index (χ1) is 8.54. The van der Waals surface area contributed by atoms with E-state index in [-0.39, 0.29) is 5.54 Å². The number of rotatable bonds is 6. The SMILES string of the molecule is CCC(C)(C)N(C)c1ncccc1CNC1CC1. The van der Waals surface area contributed by atoms with Gasteiger partial charge in [-0.05, 0) is 39.2 Å². The Morgan fingerprint density at radius 2 is 2.17 bits per heavy atom. The third-order valence-corrected chi connectivity index (χ3v) is 4.12. The molecule has 0 aromatic carbocycles. The van der Waals surface area contributed by atoms with E-state index in [0.717, 1.165) is 24.8 Å². The first-order valence-corrected chi connectivity index (χ1v) is 6.95. The van der Waals surface area contributed by atoms with Crippen LogP contribution in [0.2, 0.25) is 0 Å². The third kappa shape index (κ3) is 3.02. The van der Waals surface area contributed by atoms with Crippen LogP contribution >= 0.6 is 0 Å². The van der Waals surface area contributed by atoms with Crippen LogP contribution in [-0.4, -0.2) is 23.6 Å². The van der Waals surface area contributed by atoms with Crippen molar-refractivity contribution in [2.45, 2.75) is 58.2 Å². The minimum absolute atomic E-state index is 0.142. The molecule has 1 saturated carbocycles. The van der Waals surface area contributed by atoms with Crippen LogP contribution in [0.3, 0.4) is 0 Å². The normalized spacial score (nSPS) is 15.8. The maximum atomic E-state index is 4.58. The molecule has 3 nitrogen and oxygen atoms in total. The van der Waals surface area contributed by atoms with Gasteiger partial charge in [0.05, 0.1) is 0 Å². The molecule has 1 aliphatic carbocycles. The molecule has 0 radical (unpaired) electrons. The van der Waals surface area contributed by atoms with Gasteiger partial charge >= 0.3 is 0 Å². The summed E-state index contributed by atoms with van der Waals surface area (Å²) in [6, 6.07) is 4.95. The number of hydrogen-bond donors (Lipinski definition) is 1. The molecule has 1 heterocycles. The van der Waals surface area contributed by atoms with Crippen LogP contribution < -0.4 is 10.2 Å². The van der Waals surface area contributed by atoms with Crippen LogP contribution in [0, 0.1) is 0 Å². The zero-order valence-corrected chi connectivity index (χ0v) is 12.0. The van der Waals surface area contributed by atoms with Gasteiger partial charge in [0.2, 0.25) is 0 Å². The number of hydrogen-bond acceptors (Lipinski definition) is 3. The van der Waals surface area contributed by atoms with Gasteiger partial charge < -0.3 is 10.2 Å². The summed E-state index contributed by atoms with van der Waals surface area (Å²) in [6.07, 6.45) is 5.64. The summed E-state index contributed by atoms with van der Waals surface area (Å²) in [4.78, 5) is 6.88. The summed E-state index contributed by atoms with van der Waals surface area (Å²) in [5.41, 5.74) is 1.44. The maximum absolute atomic E-state index is 4.58. The quantitative estimate of drug-likeness (QED) is 0.837. The van der Waals surface area contributed by atoms with Crippen molar-refractivity contribution in [3.63, 3.8) is 0 Å². The fraction of sp³-hybridized carbons (Fsp3) is 0.667. The average molecular weight is 247 g/mol. The van der Waals surface area contributed by atoms with Crippen molar-refractivity contribution in [2.24, 2.45) is 0 Å². The van der Waals surface area contributed by atoms with Crippen LogP contribution in [0.4, 0.5) is 5.82 Å². The molecule has 1 fully saturated rings. The summed E-state index contributed by atoms with van der Waals surface area (Å²) in [7, 11) is 2.15. The van der Waals surface area contributed by atoms with Crippen molar-refractivity contribution in [3.8, 4) is 0 Å². The van der Waals surface area contributed by atoms with Crippen molar-refractivity contribution < 1.29 is 0 Å². The Morgan fingerprint density at radius 1 is 1.44 bits per heavy atom. The minimum Gasteiger partial charge on any atom is -0.354 e. The lowest BCUT2D eigenvalue weighted by Gasteiger charge is -2.37. The van der Waals surface area contributed by atoms with Gasteiger partial charge in [0.25, 0.3) is 0 Å². The number of nitrogens with zero attached hydrogens (tertiary/aromatic N) is 2. The van der Waals surface area contributed by atoms with Gasteiger partial charge in [-0.1, -0.05) is 13.0 Å². The molecule has 1 aliphatic rings. The van der Waals surface area contributed by atoms with E-state index in [1.807, 2.05) is 12.3 Å². The van der Waals surface area contributed by atoms with Crippen molar-refractivity contribution in [3.05, 3.63) is 23.9 Å². The fourth-order valence-electron chi connectivity index (χ4n) is 1.94. The Bertz CT molecular complexity index is 396. The average Bonchev–Trinajstić information content (AvgIpc) is 3.20. The number of nitrogens with one attached hydrogen (secondary N) is 1. The highest BCUT2D eigenvalue weighted by atomic mass is 15.2. The summed E-state index contributed by atoms with van der Waals surface area (Å²) in [6.45, 7) is 7.68. The molecular formula is C15H25N3. The van der Waals surface area contributed by atoms with E-state index in [1.54, 1.807) is 0 Å². The van der Waals surface area contributed by atoms with Crippen LogP contribution in [0.1, 0.15) is 45.6 Å². The first kappa shape index (κ1) is 13.3. The van der Waals surface area contributed by atoms with Gasteiger partial charge in [-0.2, -0.15) is 0 Å². The summed E-state index contributed by atoms with van der Waals surface area (Å²) in [5.74, 6) is 1.11. The number of aromatic nitrogens is 1. The zero-order valence-electron chi connectivity index (χ0n) is 12.0. The van der Waals surface area contributed by atoms with Gasteiger partial charge in [-0.3, -0.25) is 0 Å². The van der Waals surface area contributed by atoms with E-state index in [0.29, 0.717) is 0 Å². The zero-order chi connectivity index (χ0) is 13.2. The van der Waals surface area contributed by atoms with E-state index in [4.69, 9.17) is 0 Å². The van der Waals surface area contributed by atoms with E-state index in [2.05, 4.69) is 49.1 Å². The Kier molecular flexibility index (Phi) is 3.91. The molecule has 18 heavy (non-hydrogen) atoms. The van der Waals surface area contributed by atoms with E-state index in [9.17, 15) is 0 Å². The standard InChI is InChI=1S/C15H25N3/c1-5-15(2,3)18(4)14-12(7-6-10-16-14)11-17-13-8-9-13/h6-7,10,13,17H,5,8-9,11H2,1-4H3. The molecule has 0 amide bonds. The highest BCUT2D eigenvalue weighted by molar-refractivity contribution is 5.48. The molecule has 1 aromatic heterocycles. The first-order valence-electron chi connectivity index (χ1n) is 6.95. The van der Waals surface area contributed by atoms with Crippen molar-refractivity contribution in [1.29, 1.82) is 0 Å². The molecule has 1 N–H and O–H groups in total. The van der Waals surface area contributed by atoms with Crippen molar-refractivity contribution in [2.75, 3.05) is 11.9 Å². The van der Waals surface area contributed by atoms with E-state index >= 15 is 0 Å². The molecule has 3 heteroatoms. The molecule has 0 aliphatic heterocycles. The summed E-state index contributed by atoms with van der Waals surface area (Å²) >= 11 is 0. The predicted molar refractivity (Wildman–Crippen MR) is 76.9 cm³/mol. The van der Waals surface area contributed by atoms with Gasteiger partial charge in [0, 0.05) is 36.9 Å². The van der Waals surface area contributed by atoms with Gasteiger partial charge in [-0.15, -0.1) is 0 Å². The lowest BCUT2D eigenvalue weighted by molar-refractivity contribution is 0.465. The lowest BCUT2D eigenvalue weighted by atomic mass is 9.99. The van der Waals surface area contributed by atoms with E-state index < -0.39 is 0 Å². The Labute approximate surface area is 111 Å². The molecule has 0 spiro atoms. The topological polar surface area (TPSA) is 28.2 Å². The maximum Gasteiger partial charge on any atom is 0.133 e. The number of anilines is 1. The predicted octanol–water partition coefficient (Wildman–Crippen LogP) is 2.96. The highest BCUT2D eigenvalue weighted by Crippen LogP contribution is 2.27. The number of pyridine rings is 1. The molecule has 2 rings (SSSR count). The highest BCUT2D eigenvalue weighted by Gasteiger charge is 2.25. The largest absolute Gasteiger partial charge is 0.354 e. The monoisotopic (exact) mass is 247 g/mol. The van der Waals surface area contributed by atoms with Crippen LogP contribution in [-0.2, 0) is 6.54 Å². The Morgan fingerprint density at radius 3 is 2.78 bits per heavy atom. The van der Waals surface area contributed by atoms with E-state index in [1.165, 1.54) is 18.4 Å².